The van der Waals surface area contributed by atoms with Crippen LogP contribution in [0.3, 0.4) is 0 Å². The Morgan fingerprint density at radius 1 is 1.05 bits per heavy atom. The number of hydrogen-bond donors (Lipinski definition) is 1. The summed E-state index contributed by atoms with van der Waals surface area (Å²) in [6.07, 6.45) is 10.4. The number of unbranched alkanes of at least 4 members (excludes halogenated alkanes) is 4. The monoisotopic (exact) mass is 268 g/mol. The molecule has 1 aliphatic rings. The molecule has 0 aromatic rings. The third-order valence-corrected chi connectivity index (χ3v) is 4.02. The van der Waals surface area contributed by atoms with Gasteiger partial charge in [-0.3, -0.25) is 4.79 Å². The van der Waals surface area contributed by atoms with Crippen LogP contribution in [0.4, 0.5) is 0 Å². The molecule has 1 rings (SSSR count). The molecule has 1 heterocycles. The lowest BCUT2D eigenvalue weighted by Crippen LogP contribution is -2.45. The maximum absolute atomic E-state index is 12.1. The molecule has 0 bridgehead atoms. The van der Waals surface area contributed by atoms with Crippen molar-refractivity contribution in [1.82, 2.24) is 10.2 Å². The van der Waals surface area contributed by atoms with E-state index in [0.29, 0.717) is 11.9 Å². The van der Waals surface area contributed by atoms with Gasteiger partial charge in [-0.15, -0.1) is 0 Å². The average molecular weight is 268 g/mol. The van der Waals surface area contributed by atoms with E-state index in [1.165, 1.54) is 32.1 Å². The molecule has 3 heteroatoms. The molecule has 1 aliphatic heterocycles. The highest BCUT2D eigenvalue weighted by atomic mass is 16.2. The van der Waals surface area contributed by atoms with E-state index in [1.807, 2.05) is 0 Å². The summed E-state index contributed by atoms with van der Waals surface area (Å²) >= 11 is 0. The summed E-state index contributed by atoms with van der Waals surface area (Å²) < 4.78 is 0. The lowest BCUT2D eigenvalue weighted by Gasteiger charge is -2.32. The van der Waals surface area contributed by atoms with Crippen molar-refractivity contribution in [3.63, 3.8) is 0 Å². The van der Waals surface area contributed by atoms with Crippen LogP contribution in [0.15, 0.2) is 0 Å². The van der Waals surface area contributed by atoms with Gasteiger partial charge in [0, 0.05) is 25.6 Å². The molecule has 0 saturated carbocycles. The van der Waals surface area contributed by atoms with Crippen LogP contribution in [0.5, 0.6) is 0 Å². The van der Waals surface area contributed by atoms with Crippen LogP contribution < -0.4 is 5.32 Å². The minimum atomic E-state index is 0.380. The van der Waals surface area contributed by atoms with Crippen molar-refractivity contribution < 1.29 is 4.79 Å². The molecule has 1 amide bonds. The molecule has 1 fully saturated rings. The van der Waals surface area contributed by atoms with Crippen LogP contribution in [0, 0.1) is 0 Å². The molecule has 19 heavy (non-hydrogen) atoms. The quantitative estimate of drug-likeness (QED) is 0.651. The van der Waals surface area contributed by atoms with Crippen molar-refractivity contribution >= 4 is 5.91 Å². The zero-order valence-corrected chi connectivity index (χ0v) is 12.9. The van der Waals surface area contributed by atoms with Gasteiger partial charge >= 0.3 is 0 Å². The number of nitrogens with zero attached hydrogens (tertiary/aromatic N) is 1. The second-order valence-electron chi connectivity index (χ2n) is 5.77. The molecule has 0 spiro atoms. The Kier molecular flexibility index (Phi) is 8.89. The maximum atomic E-state index is 12.1. The van der Waals surface area contributed by atoms with Gasteiger partial charge in [-0.1, -0.05) is 39.5 Å². The molecule has 0 radical (unpaired) electrons. The first kappa shape index (κ1) is 16.5. The van der Waals surface area contributed by atoms with E-state index in [0.717, 1.165) is 45.3 Å². The van der Waals surface area contributed by atoms with E-state index >= 15 is 0 Å². The van der Waals surface area contributed by atoms with Gasteiger partial charge in [0.05, 0.1) is 0 Å². The number of amides is 1. The number of carbonyl (C=O) groups is 1. The van der Waals surface area contributed by atoms with Crippen molar-refractivity contribution in [2.75, 3.05) is 19.6 Å². The molecule has 1 saturated heterocycles. The van der Waals surface area contributed by atoms with Crippen LogP contribution in [0.25, 0.3) is 0 Å². The number of nitrogens with one attached hydrogen (secondary N) is 1. The SMILES string of the molecule is CCCCCCCC(=O)N1CCC(NCCC)CC1. The summed E-state index contributed by atoms with van der Waals surface area (Å²) in [7, 11) is 0. The van der Waals surface area contributed by atoms with E-state index in [1.54, 1.807) is 0 Å². The van der Waals surface area contributed by atoms with E-state index in [2.05, 4.69) is 24.1 Å². The van der Waals surface area contributed by atoms with E-state index in [4.69, 9.17) is 0 Å². The zero-order valence-electron chi connectivity index (χ0n) is 12.9. The largest absolute Gasteiger partial charge is 0.343 e. The Morgan fingerprint density at radius 2 is 1.74 bits per heavy atom. The second kappa shape index (κ2) is 10.2. The zero-order chi connectivity index (χ0) is 13.9. The Hall–Kier alpha value is -0.570. The highest BCUT2D eigenvalue weighted by Gasteiger charge is 2.21. The van der Waals surface area contributed by atoms with Gasteiger partial charge in [-0.2, -0.15) is 0 Å². The predicted octanol–water partition coefficient (Wildman–Crippen LogP) is 3.34. The molecule has 112 valence electrons. The molecule has 0 aromatic heterocycles. The highest BCUT2D eigenvalue weighted by molar-refractivity contribution is 5.76. The molecule has 0 atom stereocenters. The fourth-order valence-corrected chi connectivity index (χ4v) is 2.72. The van der Waals surface area contributed by atoms with E-state index in [9.17, 15) is 4.79 Å². The minimum absolute atomic E-state index is 0.380. The Bertz CT molecular complexity index is 235. The lowest BCUT2D eigenvalue weighted by molar-refractivity contribution is -0.132. The van der Waals surface area contributed by atoms with Crippen LogP contribution in [0.2, 0.25) is 0 Å². The normalized spacial score (nSPS) is 16.8. The van der Waals surface area contributed by atoms with Crippen molar-refractivity contribution in [3.05, 3.63) is 0 Å². The highest BCUT2D eigenvalue weighted by Crippen LogP contribution is 2.13. The number of rotatable bonds is 9. The van der Waals surface area contributed by atoms with Crippen molar-refractivity contribution in [1.29, 1.82) is 0 Å². The first-order chi connectivity index (χ1) is 9.27. The van der Waals surface area contributed by atoms with Gasteiger partial charge < -0.3 is 10.2 Å². The summed E-state index contributed by atoms with van der Waals surface area (Å²) in [6.45, 7) is 7.44. The summed E-state index contributed by atoms with van der Waals surface area (Å²) in [5, 5.41) is 3.56. The fourth-order valence-electron chi connectivity index (χ4n) is 2.72. The van der Waals surface area contributed by atoms with Gasteiger partial charge in [0.15, 0.2) is 0 Å². The van der Waals surface area contributed by atoms with Crippen molar-refractivity contribution in [2.24, 2.45) is 0 Å². The van der Waals surface area contributed by atoms with Crippen LogP contribution in [0.1, 0.15) is 71.6 Å². The molecule has 3 nitrogen and oxygen atoms in total. The topological polar surface area (TPSA) is 32.3 Å². The smallest absolute Gasteiger partial charge is 0.222 e. The van der Waals surface area contributed by atoms with Gasteiger partial charge in [0.2, 0.25) is 5.91 Å². The third-order valence-electron chi connectivity index (χ3n) is 4.02. The number of likely N-dealkylation sites (tertiary alicyclic amines) is 1. The van der Waals surface area contributed by atoms with Crippen LogP contribution in [-0.2, 0) is 4.79 Å². The number of carbonyl (C=O) groups excluding carboxylic acids is 1. The minimum Gasteiger partial charge on any atom is -0.343 e. The lowest BCUT2D eigenvalue weighted by atomic mass is 10.0. The summed E-state index contributed by atoms with van der Waals surface area (Å²) in [4.78, 5) is 14.1. The van der Waals surface area contributed by atoms with Crippen LogP contribution in [-0.4, -0.2) is 36.5 Å². The van der Waals surface area contributed by atoms with Crippen molar-refractivity contribution in [2.45, 2.75) is 77.7 Å². The fraction of sp³-hybridized carbons (Fsp3) is 0.938. The van der Waals surface area contributed by atoms with Gasteiger partial charge in [0.1, 0.15) is 0 Å². The maximum Gasteiger partial charge on any atom is 0.222 e. The second-order valence-corrected chi connectivity index (χ2v) is 5.77. The Morgan fingerprint density at radius 3 is 2.37 bits per heavy atom. The molecule has 0 aromatic carbocycles. The Labute approximate surface area is 119 Å². The van der Waals surface area contributed by atoms with E-state index in [-0.39, 0.29) is 0 Å². The average Bonchev–Trinajstić information content (AvgIpc) is 2.45. The van der Waals surface area contributed by atoms with Crippen LogP contribution >= 0.6 is 0 Å². The third kappa shape index (κ3) is 6.95. The van der Waals surface area contributed by atoms with E-state index < -0.39 is 0 Å². The van der Waals surface area contributed by atoms with Gasteiger partial charge in [-0.05, 0) is 32.2 Å². The predicted molar refractivity (Wildman–Crippen MR) is 81.3 cm³/mol. The summed E-state index contributed by atoms with van der Waals surface area (Å²) in [5.41, 5.74) is 0. The number of piperidine rings is 1. The number of hydrogen-bond acceptors (Lipinski definition) is 2. The molecular formula is C16H32N2O. The van der Waals surface area contributed by atoms with Gasteiger partial charge in [-0.25, -0.2) is 0 Å². The standard InChI is InChI=1S/C16H32N2O/c1-3-5-6-7-8-9-16(19)18-13-10-15(11-14-18)17-12-4-2/h15,17H,3-14H2,1-2H3. The molecule has 0 aliphatic carbocycles. The molecule has 0 unspecified atom stereocenters. The first-order valence-corrected chi connectivity index (χ1v) is 8.29. The Balaban J connectivity index is 2.07. The van der Waals surface area contributed by atoms with Crippen molar-refractivity contribution in [3.8, 4) is 0 Å². The summed E-state index contributed by atoms with van der Waals surface area (Å²) in [6, 6.07) is 0.633. The first-order valence-electron chi connectivity index (χ1n) is 8.29. The summed E-state index contributed by atoms with van der Waals surface area (Å²) in [5.74, 6) is 0.380. The van der Waals surface area contributed by atoms with Gasteiger partial charge in [0.25, 0.3) is 0 Å². The molecule has 1 N–H and O–H groups in total. The molecular weight excluding hydrogens is 236 g/mol.